The van der Waals surface area contributed by atoms with Crippen molar-refractivity contribution in [2.75, 3.05) is 0 Å². The van der Waals surface area contributed by atoms with Gasteiger partial charge in [0.1, 0.15) is 6.04 Å². The Kier molecular flexibility index (Phi) is 2.91. The molecule has 90 valence electrons. The molecule has 0 radical (unpaired) electrons. The third-order valence-electron chi connectivity index (χ3n) is 3.89. The van der Waals surface area contributed by atoms with E-state index in [-0.39, 0.29) is 17.7 Å². The van der Waals surface area contributed by atoms with Crippen LogP contribution >= 0.6 is 0 Å². The maximum atomic E-state index is 11.9. The second kappa shape index (κ2) is 4.07. The molecule has 0 aromatic heterocycles. The Labute approximate surface area is 96.0 Å². The normalized spacial score (nSPS) is 33.3. The molecule has 2 aliphatic carbocycles. The fourth-order valence-electron chi connectivity index (χ4n) is 2.77. The Balaban J connectivity index is 1.87. The van der Waals surface area contributed by atoms with E-state index in [1.54, 1.807) is 0 Å². The summed E-state index contributed by atoms with van der Waals surface area (Å²) in [5.74, 6) is 1.31. The number of amides is 2. The van der Waals surface area contributed by atoms with E-state index in [1.807, 2.05) is 13.8 Å². The van der Waals surface area contributed by atoms with E-state index in [4.69, 9.17) is 5.73 Å². The first-order valence-corrected chi connectivity index (χ1v) is 6.08. The molecule has 2 amide bonds. The van der Waals surface area contributed by atoms with Crippen LogP contribution in [0.4, 0.5) is 0 Å². The lowest BCUT2D eigenvalue weighted by Gasteiger charge is -2.21. The zero-order valence-corrected chi connectivity index (χ0v) is 9.90. The molecule has 3 unspecified atom stereocenters. The van der Waals surface area contributed by atoms with Gasteiger partial charge in [0, 0.05) is 5.92 Å². The van der Waals surface area contributed by atoms with Crippen molar-refractivity contribution in [3.63, 3.8) is 0 Å². The maximum Gasteiger partial charge on any atom is 0.240 e. The SMILES string of the molecule is CC(C)C(NC(=O)C1CC2CC2C1)C(N)=O. The van der Waals surface area contributed by atoms with Gasteiger partial charge in [-0.2, -0.15) is 0 Å². The van der Waals surface area contributed by atoms with Crippen LogP contribution < -0.4 is 11.1 Å². The van der Waals surface area contributed by atoms with Crippen LogP contribution in [0.1, 0.15) is 33.1 Å². The molecule has 0 aromatic rings. The van der Waals surface area contributed by atoms with Crippen LogP contribution in [0.15, 0.2) is 0 Å². The van der Waals surface area contributed by atoms with E-state index in [1.165, 1.54) is 6.42 Å². The third-order valence-corrected chi connectivity index (χ3v) is 3.89. The molecule has 0 saturated heterocycles. The largest absolute Gasteiger partial charge is 0.368 e. The van der Waals surface area contributed by atoms with E-state index >= 15 is 0 Å². The number of carbonyl (C=O) groups is 2. The molecule has 0 bridgehead atoms. The van der Waals surface area contributed by atoms with Gasteiger partial charge in [0.25, 0.3) is 0 Å². The molecule has 2 aliphatic rings. The van der Waals surface area contributed by atoms with E-state index in [0.29, 0.717) is 0 Å². The predicted octanol–water partition coefficient (Wildman–Crippen LogP) is 0.659. The molecule has 0 aromatic carbocycles. The summed E-state index contributed by atoms with van der Waals surface area (Å²) in [5, 5.41) is 2.79. The zero-order chi connectivity index (χ0) is 11.9. The first kappa shape index (κ1) is 11.4. The predicted molar refractivity (Wildman–Crippen MR) is 60.3 cm³/mol. The van der Waals surface area contributed by atoms with Crippen molar-refractivity contribution < 1.29 is 9.59 Å². The van der Waals surface area contributed by atoms with Crippen molar-refractivity contribution in [2.45, 2.75) is 39.2 Å². The lowest BCUT2D eigenvalue weighted by molar-refractivity contribution is -0.130. The van der Waals surface area contributed by atoms with Crippen LogP contribution in [0.5, 0.6) is 0 Å². The maximum absolute atomic E-state index is 11.9. The molecule has 3 N–H and O–H groups in total. The second-order valence-corrected chi connectivity index (χ2v) is 5.56. The van der Waals surface area contributed by atoms with Crippen molar-refractivity contribution in [1.82, 2.24) is 5.32 Å². The summed E-state index contributed by atoms with van der Waals surface area (Å²) >= 11 is 0. The van der Waals surface area contributed by atoms with Crippen molar-refractivity contribution in [2.24, 2.45) is 29.4 Å². The highest BCUT2D eigenvalue weighted by Crippen LogP contribution is 2.54. The summed E-state index contributed by atoms with van der Waals surface area (Å²) in [4.78, 5) is 23.1. The Morgan fingerprint density at radius 2 is 1.75 bits per heavy atom. The third kappa shape index (κ3) is 2.20. The van der Waals surface area contributed by atoms with Gasteiger partial charge in [-0.3, -0.25) is 9.59 Å². The van der Waals surface area contributed by atoms with Crippen LogP contribution in [0.3, 0.4) is 0 Å². The Bertz CT molecular complexity index is 304. The van der Waals surface area contributed by atoms with E-state index in [2.05, 4.69) is 5.32 Å². The van der Waals surface area contributed by atoms with Gasteiger partial charge < -0.3 is 11.1 Å². The average Bonchev–Trinajstić information content (AvgIpc) is 2.81. The fourth-order valence-corrected chi connectivity index (χ4v) is 2.77. The van der Waals surface area contributed by atoms with E-state index < -0.39 is 11.9 Å². The summed E-state index contributed by atoms with van der Waals surface area (Å²) in [7, 11) is 0. The van der Waals surface area contributed by atoms with E-state index in [9.17, 15) is 9.59 Å². The number of primary amides is 1. The van der Waals surface area contributed by atoms with Crippen LogP contribution in [0, 0.1) is 23.7 Å². The minimum absolute atomic E-state index is 0.0182. The first-order chi connectivity index (χ1) is 7.49. The summed E-state index contributed by atoms with van der Waals surface area (Å²) < 4.78 is 0. The monoisotopic (exact) mass is 224 g/mol. The number of nitrogens with one attached hydrogen (secondary N) is 1. The molecule has 0 heterocycles. The molecule has 4 heteroatoms. The van der Waals surface area contributed by atoms with Gasteiger partial charge in [0.15, 0.2) is 0 Å². The van der Waals surface area contributed by atoms with Crippen LogP contribution in [0.25, 0.3) is 0 Å². The molecule has 16 heavy (non-hydrogen) atoms. The minimum Gasteiger partial charge on any atom is -0.368 e. The molecule has 2 fully saturated rings. The summed E-state index contributed by atoms with van der Waals surface area (Å²) in [6.45, 7) is 3.78. The highest BCUT2D eigenvalue weighted by atomic mass is 16.2. The first-order valence-electron chi connectivity index (χ1n) is 6.08. The Hall–Kier alpha value is -1.06. The van der Waals surface area contributed by atoms with Crippen LogP contribution in [0.2, 0.25) is 0 Å². The summed E-state index contributed by atoms with van der Waals surface area (Å²) in [6.07, 6.45) is 3.30. The average molecular weight is 224 g/mol. The quantitative estimate of drug-likeness (QED) is 0.736. The number of fused-ring (bicyclic) bond motifs is 1. The zero-order valence-electron chi connectivity index (χ0n) is 9.90. The number of nitrogens with two attached hydrogens (primary N) is 1. The molecular weight excluding hydrogens is 204 g/mol. The van der Waals surface area contributed by atoms with Gasteiger partial charge in [0.2, 0.25) is 11.8 Å². The van der Waals surface area contributed by atoms with Crippen LogP contribution in [-0.2, 0) is 9.59 Å². The topological polar surface area (TPSA) is 72.2 Å². The Morgan fingerprint density at radius 3 is 2.19 bits per heavy atom. The molecule has 0 spiro atoms. The van der Waals surface area contributed by atoms with Crippen molar-refractivity contribution in [3.8, 4) is 0 Å². The molecule has 0 aliphatic heterocycles. The molecule has 4 nitrogen and oxygen atoms in total. The standard InChI is InChI=1S/C12H20N2O2/c1-6(2)10(11(13)15)14-12(16)9-4-7-3-8(7)5-9/h6-10H,3-5H2,1-2H3,(H2,13,15)(H,14,16). The molecule has 3 atom stereocenters. The van der Waals surface area contributed by atoms with E-state index in [0.717, 1.165) is 24.7 Å². The minimum atomic E-state index is -0.524. The van der Waals surface area contributed by atoms with Gasteiger partial charge in [-0.15, -0.1) is 0 Å². The Morgan fingerprint density at radius 1 is 1.19 bits per heavy atom. The summed E-state index contributed by atoms with van der Waals surface area (Å²) in [6, 6.07) is -0.524. The van der Waals surface area contributed by atoms with Crippen molar-refractivity contribution in [3.05, 3.63) is 0 Å². The summed E-state index contributed by atoms with van der Waals surface area (Å²) in [5.41, 5.74) is 5.27. The second-order valence-electron chi connectivity index (χ2n) is 5.56. The number of rotatable bonds is 4. The van der Waals surface area contributed by atoms with Gasteiger partial charge in [0.05, 0.1) is 0 Å². The van der Waals surface area contributed by atoms with Gasteiger partial charge in [-0.25, -0.2) is 0 Å². The smallest absolute Gasteiger partial charge is 0.240 e. The van der Waals surface area contributed by atoms with Gasteiger partial charge in [-0.1, -0.05) is 13.8 Å². The molecular formula is C12H20N2O2. The number of hydrogen-bond acceptors (Lipinski definition) is 2. The van der Waals surface area contributed by atoms with Crippen molar-refractivity contribution in [1.29, 1.82) is 0 Å². The molecule has 2 rings (SSSR count). The highest BCUT2D eigenvalue weighted by molar-refractivity contribution is 5.87. The van der Waals surface area contributed by atoms with Gasteiger partial charge in [-0.05, 0) is 37.0 Å². The van der Waals surface area contributed by atoms with Gasteiger partial charge >= 0.3 is 0 Å². The van der Waals surface area contributed by atoms with Crippen LogP contribution in [-0.4, -0.2) is 17.9 Å². The number of carbonyl (C=O) groups excluding carboxylic acids is 2. The lowest BCUT2D eigenvalue weighted by atomic mass is 9.99. The molecule has 2 saturated carbocycles. The number of hydrogen-bond donors (Lipinski definition) is 2. The lowest BCUT2D eigenvalue weighted by Crippen LogP contribution is -2.49. The highest BCUT2D eigenvalue weighted by Gasteiger charge is 2.48. The van der Waals surface area contributed by atoms with Crippen molar-refractivity contribution >= 4 is 11.8 Å². The fraction of sp³-hybridized carbons (Fsp3) is 0.833.